The Balaban J connectivity index is 3.57. The van der Waals surface area contributed by atoms with Crippen molar-refractivity contribution in [3.8, 4) is 0 Å². The molecule has 0 fully saturated rings. The molecule has 5 heteroatoms. The van der Waals surface area contributed by atoms with Crippen LogP contribution >= 0.6 is 0 Å². The molecule has 0 saturated carbocycles. The summed E-state index contributed by atoms with van der Waals surface area (Å²) >= 11 is 0.262. The van der Waals surface area contributed by atoms with Gasteiger partial charge in [-0.25, -0.2) is 0 Å². The topological polar surface area (TPSA) is 52.6 Å². The number of methoxy groups -OCH3 is 1. The van der Waals surface area contributed by atoms with Crippen LogP contribution in [-0.2, 0) is 19.1 Å². The van der Waals surface area contributed by atoms with Gasteiger partial charge in [0.15, 0.2) is 0 Å². The minimum atomic E-state index is -0.722. The summed E-state index contributed by atoms with van der Waals surface area (Å²) < 4.78 is 9.93. The average Bonchev–Trinajstić information content (AvgIpc) is 2.70. The van der Waals surface area contributed by atoms with Crippen molar-refractivity contribution in [1.29, 1.82) is 0 Å². The number of esters is 2. The van der Waals surface area contributed by atoms with Crippen LogP contribution in [0.3, 0.4) is 0 Å². The van der Waals surface area contributed by atoms with E-state index in [1.165, 1.54) is 45.6 Å². The van der Waals surface area contributed by atoms with Crippen LogP contribution < -0.4 is 0 Å². The Bertz CT molecular complexity index is 446. The first kappa shape index (κ1) is 26.9. The van der Waals surface area contributed by atoms with Gasteiger partial charge in [-0.05, 0) is 19.3 Å². The van der Waals surface area contributed by atoms with E-state index in [1.807, 2.05) is 5.82 Å². The normalized spacial score (nSPS) is 12.5. The predicted molar refractivity (Wildman–Crippen MR) is 118 cm³/mol. The first-order valence-electron chi connectivity index (χ1n) is 10.7. The predicted octanol–water partition coefficient (Wildman–Crippen LogP) is 6.06. The molecular formula is C23H40O4Se. The second kappa shape index (κ2) is 20.7. The average molecular weight is 460 g/mol. The standard InChI is InChI=1S/C23H40O4Se/c1-4-5-6-7-8-9-10-11-12-13-14-15-16-17-18-19-22(24)27-21(20-28-3)23(25)26-2/h8-9,11-12,21H,4-7,10,13-20H2,1-3H3/b9-8-,12-11-. The van der Waals surface area contributed by atoms with Crippen molar-refractivity contribution in [3.63, 3.8) is 0 Å². The van der Waals surface area contributed by atoms with Crippen LogP contribution in [0.2, 0.25) is 11.1 Å². The summed E-state index contributed by atoms with van der Waals surface area (Å²) in [5.74, 6) is 1.28. The van der Waals surface area contributed by atoms with E-state index in [4.69, 9.17) is 4.74 Å². The molecule has 0 amide bonds. The van der Waals surface area contributed by atoms with Gasteiger partial charge in [-0.1, -0.05) is 38.0 Å². The molecule has 0 aromatic heterocycles. The van der Waals surface area contributed by atoms with Gasteiger partial charge in [0.1, 0.15) is 0 Å². The Kier molecular flexibility index (Phi) is 19.9. The third kappa shape index (κ3) is 17.1. The summed E-state index contributed by atoms with van der Waals surface area (Å²) in [6, 6.07) is 0. The van der Waals surface area contributed by atoms with E-state index in [9.17, 15) is 9.59 Å². The van der Waals surface area contributed by atoms with E-state index in [-0.39, 0.29) is 20.9 Å². The van der Waals surface area contributed by atoms with E-state index in [1.54, 1.807) is 0 Å². The summed E-state index contributed by atoms with van der Waals surface area (Å²) in [5, 5.41) is 0.577. The van der Waals surface area contributed by atoms with Crippen molar-refractivity contribution >= 4 is 26.9 Å². The Morgan fingerprint density at radius 2 is 1.50 bits per heavy atom. The molecule has 0 aliphatic heterocycles. The fourth-order valence-electron chi connectivity index (χ4n) is 2.73. The van der Waals surface area contributed by atoms with Gasteiger partial charge in [-0.15, -0.1) is 0 Å². The van der Waals surface area contributed by atoms with E-state index in [2.05, 4.69) is 36.0 Å². The van der Waals surface area contributed by atoms with Crippen LogP contribution in [0.25, 0.3) is 0 Å². The number of carbonyl (C=O) groups excluding carboxylic acids is 2. The van der Waals surface area contributed by atoms with Crippen molar-refractivity contribution in [2.45, 2.75) is 101 Å². The molecule has 0 rings (SSSR count). The van der Waals surface area contributed by atoms with Gasteiger partial charge >= 0.3 is 121 Å². The van der Waals surface area contributed by atoms with E-state index in [0.29, 0.717) is 11.7 Å². The molecule has 0 heterocycles. The van der Waals surface area contributed by atoms with Gasteiger partial charge in [-0.2, -0.15) is 0 Å². The first-order valence-corrected chi connectivity index (χ1v) is 13.6. The first-order chi connectivity index (χ1) is 13.7. The third-order valence-electron chi connectivity index (χ3n) is 4.39. The maximum absolute atomic E-state index is 11.8. The van der Waals surface area contributed by atoms with Crippen molar-refractivity contribution in [1.82, 2.24) is 0 Å². The van der Waals surface area contributed by atoms with Gasteiger partial charge in [0, 0.05) is 0 Å². The number of allylic oxidation sites excluding steroid dienone is 4. The van der Waals surface area contributed by atoms with Crippen LogP contribution in [0.4, 0.5) is 0 Å². The number of unbranched alkanes of at least 4 members (excludes halogenated alkanes) is 8. The Labute approximate surface area is 178 Å². The molecule has 1 atom stereocenters. The number of carbonyl (C=O) groups is 2. The Hall–Kier alpha value is -1.06. The Morgan fingerprint density at radius 3 is 2.11 bits per heavy atom. The molecule has 0 bridgehead atoms. The number of hydrogen-bond acceptors (Lipinski definition) is 4. The zero-order valence-corrected chi connectivity index (χ0v) is 19.8. The molecule has 0 N–H and O–H groups in total. The SMILES string of the molecule is CCCCC/C=C\C/C=C\CCCCCCCC(=O)OC(C[Se]C)C(=O)OC. The molecule has 0 aromatic rings. The summed E-state index contributed by atoms with van der Waals surface area (Å²) in [6.07, 6.45) is 21.4. The fourth-order valence-corrected chi connectivity index (χ4v) is 3.79. The van der Waals surface area contributed by atoms with E-state index < -0.39 is 12.1 Å². The van der Waals surface area contributed by atoms with Crippen molar-refractivity contribution in [2.75, 3.05) is 7.11 Å². The second-order valence-electron chi connectivity index (χ2n) is 6.94. The van der Waals surface area contributed by atoms with Crippen LogP contribution in [0.1, 0.15) is 84.0 Å². The molecule has 0 aliphatic carbocycles. The van der Waals surface area contributed by atoms with Gasteiger partial charge in [-0.3, -0.25) is 0 Å². The van der Waals surface area contributed by atoms with E-state index in [0.717, 1.165) is 32.1 Å². The molecule has 162 valence electrons. The van der Waals surface area contributed by atoms with Crippen LogP contribution in [0.5, 0.6) is 0 Å². The third-order valence-corrected chi connectivity index (χ3v) is 5.72. The molecule has 0 radical (unpaired) electrons. The van der Waals surface area contributed by atoms with Crippen LogP contribution in [0.15, 0.2) is 24.3 Å². The number of hydrogen-bond donors (Lipinski definition) is 0. The molecule has 0 aromatic carbocycles. The van der Waals surface area contributed by atoms with E-state index >= 15 is 0 Å². The molecular weight excluding hydrogens is 419 g/mol. The number of ether oxygens (including phenoxy) is 2. The van der Waals surface area contributed by atoms with Gasteiger partial charge in [0.2, 0.25) is 0 Å². The van der Waals surface area contributed by atoms with Crippen molar-refractivity contribution in [2.24, 2.45) is 0 Å². The van der Waals surface area contributed by atoms with Crippen LogP contribution in [0, 0.1) is 0 Å². The fraction of sp³-hybridized carbons (Fsp3) is 0.739. The summed E-state index contributed by atoms with van der Waals surface area (Å²) in [7, 11) is 1.33. The van der Waals surface area contributed by atoms with Gasteiger partial charge in [0.25, 0.3) is 0 Å². The molecule has 28 heavy (non-hydrogen) atoms. The maximum atomic E-state index is 11.8. The summed E-state index contributed by atoms with van der Waals surface area (Å²) in [6.45, 7) is 2.23. The van der Waals surface area contributed by atoms with Crippen molar-refractivity contribution in [3.05, 3.63) is 24.3 Å². The summed E-state index contributed by atoms with van der Waals surface area (Å²) in [5.41, 5.74) is 0. The molecule has 0 spiro atoms. The zero-order chi connectivity index (χ0) is 20.9. The second-order valence-corrected chi connectivity index (χ2v) is 8.85. The zero-order valence-electron chi connectivity index (χ0n) is 18.1. The molecule has 0 saturated heterocycles. The molecule has 4 nitrogen and oxygen atoms in total. The minimum absolute atomic E-state index is 0.262. The Morgan fingerprint density at radius 1 is 0.893 bits per heavy atom. The number of rotatable bonds is 18. The molecule has 1 unspecified atom stereocenters. The summed E-state index contributed by atoms with van der Waals surface area (Å²) in [4.78, 5) is 23.4. The van der Waals surface area contributed by atoms with Gasteiger partial charge in [0.05, 0.1) is 0 Å². The van der Waals surface area contributed by atoms with Gasteiger partial charge < -0.3 is 0 Å². The van der Waals surface area contributed by atoms with Crippen LogP contribution in [-0.4, -0.2) is 40.1 Å². The molecule has 0 aliphatic rings. The monoisotopic (exact) mass is 460 g/mol. The van der Waals surface area contributed by atoms with Crippen molar-refractivity contribution < 1.29 is 19.1 Å². The quantitative estimate of drug-likeness (QED) is 0.108.